The average Bonchev–Trinajstić information content (AvgIpc) is 3.05. The molecule has 2 aliphatic rings. The molecule has 1 saturated carbocycles. The fourth-order valence-electron chi connectivity index (χ4n) is 3.89. The summed E-state index contributed by atoms with van der Waals surface area (Å²) in [5.41, 5.74) is 0.623. The summed E-state index contributed by atoms with van der Waals surface area (Å²) >= 11 is 0. The van der Waals surface area contributed by atoms with Gasteiger partial charge in [-0.2, -0.15) is 0 Å². The molecule has 1 amide bonds. The van der Waals surface area contributed by atoms with E-state index in [1.807, 2.05) is 4.90 Å². The van der Waals surface area contributed by atoms with Gasteiger partial charge < -0.3 is 14.7 Å². The summed E-state index contributed by atoms with van der Waals surface area (Å²) in [5.74, 6) is 0.536. The van der Waals surface area contributed by atoms with Crippen LogP contribution in [0.4, 0.5) is 0 Å². The molecule has 1 N–H and O–H groups in total. The van der Waals surface area contributed by atoms with Gasteiger partial charge in [0.2, 0.25) is 0 Å². The number of rotatable bonds is 4. The predicted molar refractivity (Wildman–Crippen MR) is 93.0 cm³/mol. The van der Waals surface area contributed by atoms with Crippen LogP contribution < -0.4 is 4.74 Å². The maximum Gasteiger partial charge on any atom is 0.256 e. The molecule has 1 aromatic rings. The minimum absolute atomic E-state index is 0.187. The molecule has 24 heavy (non-hydrogen) atoms. The third kappa shape index (κ3) is 3.90. The van der Waals surface area contributed by atoms with E-state index in [-0.39, 0.29) is 5.91 Å². The zero-order chi connectivity index (χ0) is 16.9. The summed E-state index contributed by atoms with van der Waals surface area (Å²) in [6.45, 7) is 3.43. The van der Waals surface area contributed by atoms with Crippen molar-refractivity contribution in [2.24, 2.45) is 0 Å². The Hall–Kier alpha value is -1.59. The third-order valence-corrected chi connectivity index (χ3v) is 5.35. The van der Waals surface area contributed by atoms with Crippen LogP contribution in [0.25, 0.3) is 0 Å². The molecule has 5 nitrogen and oxygen atoms in total. The summed E-state index contributed by atoms with van der Waals surface area (Å²) in [6, 6.07) is 7.76. The number of benzene rings is 1. The molecule has 0 bridgehead atoms. The Morgan fingerprint density at radius 2 is 1.79 bits per heavy atom. The summed E-state index contributed by atoms with van der Waals surface area (Å²) in [6.07, 6.45) is 5.15. The van der Waals surface area contributed by atoms with Crippen LogP contribution >= 0.6 is 0 Å². The van der Waals surface area contributed by atoms with Gasteiger partial charge in [-0.25, -0.2) is 0 Å². The molecule has 0 aromatic heterocycles. The van der Waals surface area contributed by atoms with Gasteiger partial charge in [-0.05, 0) is 37.0 Å². The van der Waals surface area contributed by atoms with E-state index in [0.29, 0.717) is 18.2 Å². The van der Waals surface area contributed by atoms with Gasteiger partial charge in [-0.3, -0.25) is 9.69 Å². The van der Waals surface area contributed by atoms with Crippen LogP contribution in [0.5, 0.6) is 5.75 Å². The van der Waals surface area contributed by atoms with Gasteiger partial charge in [0.05, 0.1) is 7.11 Å². The second kappa shape index (κ2) is 7.99. The molecule has 1 heterocycles. The first kappa shape index (κ1) is 17.2. The number of ether oxygens (including phenoxy) is 1. The van der Waals surface area contributed by atoms with Crippen molar-refractivity contribution >= 4 is 5.91 Å². The minimum Gasteiger partial charge on any atom is -0.497 e. The van der Waals surface area contributed by atoms with Crippen molar-refractivity contribution in [1.82, 2.24) is 9.80 Å². The quantitative estimate of drug-likeness (QED) is 0.918. The van der Waals surface area contributed by atoms with Crippen molar-refractivity contribution in [1.29, 1.82) is 0 Å². The Morgan fingerprint density at radius 3 is 2.46 bits per heavy atom. The van der Waals surface area contributed by atoms with Gasteiger partial charge in [0.15, 0.2) is 6.10 Å². The summed E-state index contributed by atoms with van der Waals surface area (Å²) < 4.78 is 5.12. The number of carbonyl (C=O) groups is 1. The third-order valence-electron chi connectivity index (χ3n) is 5.35. The summed E-state index contributed by atoms with van der Waals surface area (Å²) in [7, 11) is 1.60. The Labute approximate surface area is 144 Å². The number of aliphatic hydroxyl groups excluding tert-OH is 1. The highest BCUT2D eigenvalue weighted by molar-refractivity contribution is 5.82. The lowest BCUT2D eigenvalue weighted by atomic mass is 10.1. The maximum absolute atomic E-state index is 12.7. The lowest BCUT2D eigenvalue weighted by molar-refractivity contribution is -0.140. The Balaban J connectivity index is 1.59. The van der Waals surface area contributed by atoms with Crippen LogP contribution in [0.2, 0.25) is 0 Å². The number of methoxy groups -OCH3 is 1. The van der Waals surface area contributed by atoms with Crippen molar-refractivity contribution < 1.29 is 14.6 Å². The molecule has 1 aliphatic heterocycles. The normalized spacial score (nSPS) is 21.5. The number of nitrogens with zero attached hydrogens (tertiary/aromatic N) is 2. The number of carbonyl (C=O) groups excluding carboxylic acids is 1. The number of amides is 1. The second-order valence-electron chi connectivity index (χ2n) is 6.83. The van der Waals surface area contributed by atoms with E-state index >= 15 is 0 Å². The smallest absolute Gasteiger partial charge is 0.256 e. The van der Waals surface area contributed by atoms with Crippen LogP contribution in [0.1, 0.15) is 43.8 Å². The van der Waals surface area contributed by atoms with Crippen molar-refractivity contribution in [3.63, 3.8) is 0 Å². The maximum atomic E-state index is 12.7. The number of hydrogen-bond acceptors (Lipinski definition) is 4. The van der Waals surface area contributed by atoms with Gasteiger partial charge in [-0.15, -0.1) is 0 Å². The Morgan fingerprint density at radius 1 is 1.08 bits per heavy atom. The fraction of sp³-hybridized carbons (Fsp3) is 0.632. The molecule has 1 saturated heterocycles. The highest BCUT2D eigenvalue weighted by Crippen LogP contribution is 2.25. The molecular formula is C19H28N2O3. The van der Waals surface area contributed by atoms with Crippen LogP contribution in [-0.2, 0) is 4.79 Å². The SMILES string of the molecule is COc1ccc([C@@H](O)C(=O)N2CCCN(C3CCCC3)CC2)cc1. The molecular weight excluding hydrogens is 304 g/mol. The van der Waals surface area contributed by atoms with E-state index in [0.717, 1.165) is 31.8 Å². The first-order chi connectivity index (χ1) is 11.7. The fourth-order valence-corrected chi connectivity index (χ4v) is 3.89. The minimum atomic E-state index is -1.09. The Kier molecular flexibility index (Phi) is 5.74. The standard InChI is InChI=1S/C19H28N2O3/c1-24-17-9-7-15(8-10-17)18(22)19(23)21-12-4-11-20(13-14-21)16-5-2-3-6-16/h7-10,16,18,22H,2-6,11-14H2,1H3/t18-/m1/s1. The van der Waals surface area contributed by atoms with E-state index in [9.17, 15) is 9.90 Å². The van der Waals surface area contributed by atoms with Crippen LogP contribution in [-0.4, -0.2) is 60.1 Å². The first-order valence-corrected chi connectivity index (χ1v) is 9.04. The highest BCUT2D eigenvalue weighted by Gasteiger charge is 2.29. The number of hydrogen-bond donors (Lipinski definition) is 1. The van der Waals surface area contributed by atoms with E-state index in [1.54, 1.807) is 31.4 Å². The van der Waals surface area contributed by atoms with Crippen molar-refractivity contribution in [3.05, 3.63) is 29.8 Å². The van der Waals surface area contributed by atoms with Crippen molar-refractivity contribution in [2.45, 2.75) is 44.2 Å². The van der Waals surface area contributed by atoms with Crippen LogP contribution in [0.3, 0.4) is 0 Å². The second-order valence-corrected chi connectivity index (χ2v) is 6.83. The van der Waals surface area contributed by atoms with E-state index in [1.165, 1.54) is 25.7 Å². The predicted octanol–water partition coefficient (Wildman–Crippen LogP) is 2.21. The van der Waals surface area contributed by atoms with Gasteiger partial charge in [0.1, 0.15) is 5.75 Å². The van der Waals surface area contributed by atoms with Crippen molar-refractivity contribution in [2.75, 3.05) is 33.3 Å². The van der Waals surface area contributed by atoms with Gasteiger partial charge in [-0.1, -0.05) is 25.0 Å². The van der Waals surface area contributed by atoms with Crippen LogP contribution in [0, 0.1) is 0 Å². The van der Waals surface area contributed by atoms with Crippen LogP contribution in [0.15, 0.2) is 24.3 Å². The largest absolute Gasteiger partial charge is 0.497 e. The lowest BCUT2D eigenvalue weighted by Crippen LogP contribution is -2.40. The van der Waals surface area contributed by atoms with Gasteiger partial charge >= 0.3 is 0 Å². The molecule has 3 rings (SSSR count). The topological polar surface area (TPSA) is 53.0 Å². The van der Waals surface area contributed by atoms with E-state index < -0.39 is 6.10 Å². The summed E-state index contributed by atoms with van der Waals surface area (Å²) in [5, 5.41) is 10.4. The van der Waals surface area contributed by atoms with Gasteiger partial charge in [0.25, 0.3) is 5.91 Å². The van der Waals surface area contributed by atoms with E-state index in [2.05, 4.69) is 4.90 Å². The summed E-state index contributed by atoms with van der Waals surface area (Å²) in [4.78, 5) is 17.0. The molecule has 132 valence electrons. The molecule has 1 atom stereocenters. The molecule has 0 spiro atoms. The van der Waals surface area contributed by atoms with Crippen molar-refractivity contribution in [3.8, 4) is 5.75 Å². The molecule has 2 fully saturated rings. The highest BCUT2D eigenvalue weighted by atomic mass is 16.5. The van der Waals surface area contributed by atoms with E-state index in [4.69, 9.17) is 4.74 Å². The lowest BCUT2D eigenvalue weighted by Gasteiger charge is -2.27. The molecule has 0 unspecified atom stereocenters. The Bertz CT molecular complexity index is 540. The average molecular weight is 332 g/mol. The van der Waals surface area contributed by atoms with Gasteiger partial charge in [0, 0.05) is 32.2 Å². The molecule has 0 radical (unpaired) electrons. The zero-order valence-corrected chi connectivity index (χ0v) is 14.5. The molecule has 1 aliphatic carbocycles. The first-order valence-electron chi connectivity index (χ1n) is 9.04. The molecule has 5 heteroatoms. The number of aliphatic hydroxyl groups is 1. The molecule has 1 aromatic carbocycles. The monoisotopic (exact) mass is 332 g/mol. The zero-order valence-electron chi connectivity index (χ0n) is 14.5.